The maximum Gasteiger partial charge on any atom is 0.244 e. The van der Waals surface area contributed by atoms with E-state index in [1.54, 1.807) is 11.0 Å². The number of hydrogen-bond donors (Lipinski definition) is 1. The number of carbonyl (C=O) groups is 2. The van der Waals surface area contributed by atoms with E-state index < -0.39 is 5.25 Å². The summed E-state index contributed by atoms with van der Waals surface area (Å²) in [5, 5.41) is 12.6. The average molecular weight is 421 g/mol. The van der Waals surface area contributed by atoms with Gasteiger partial charge in [-0.25, -0.2) is 4.98 Å². The average Bonchev–Trinajstić information content (AvgIpc) is 2.75. The molecule has 1 aromatic heterocycles. The number of nitriles is 1. The van der Waals surface area contributed by atoms with Gasteiger partial charge in [-0.2, -0.15) is 5.26 Å². The van der Waals surface area contributed by atoms with Crippen molar-refractivity contribution in [3.63, 3.8) is 0 Å². The molecule has 0 fully saturated rings. The number of nitrogens with one attached hydrogen (secondary N) is 1. The first-order valence-corrected chi connectivity index (χ1v) is 11.2. The van der Waals surface area contributed by atoms with E-state index in [1.807, 2.05) is 38.1 Å². The van der Waals surface area contributed by atoms with Crippen LogP contribution in [0.15, 0.2) is 35.4 Å². The summed E-state index contributed by atoms with van der Waals surface area (Å²) >= 11 is 1.34. The van der Waals surface area contributed by atoms with Crippen molar-refractivity contribution in [2.45, 2.75) is 49.8 Å². The van der Waals surface area contributed by atoms with Crippen LogP contribution in [-0.4, -0.2) is 28.6 Å². The molecule has 0 spiro atoms. The molecule has 154 valence electrons. The standard InChI is InChI=1S/C23H24N4O2S/c1-14(2)21(23(29)27-13-20(28)25-18-9-5-6-10-19(18)27)30-22-16(12-24)11-15-7-3-4-8-17(15)26-22/h5-6,9-11,14,21H,3-4,7-8,13H2,1-2H3,(H,25,28). The van der Waals surface area contributed by atoms with Gasteiger partial charge in [-0.1, -0.05) is 37.7 Å². The molecular weight excluding hydrogens is 396 g/mol. The van der Waals surface area contributed by atoms with Crippen molar-refractivity contribution in [3.8, 4) is 6.07 Å². The number of nitrogens with zero attached hydrogens (tertiary/aromatic N) is 3. The molecule has 0 radical (unpaired) electrons. The van der Waals surface area contributed by atoms with Crippen LogP contribution in [0.5, 0.6) is 0 Å². The summed E-state index contributed by atoms with van der Waals surface area (Å²) in [6, 6.07) is 11.5. The number of para-hydroxylation sites is 2. The Morgan fingerprint density at radius 3 is 2.80 bits per heavy atom. The first-order valence-electron chi connectivity index (χ1n) is 10.3. The molecule has 30 heavy (non-hydrogen) atoms. The van der Waals surface area contributed by atoms with Gasteiger partial charge in [-0.3, -0.25) is 14.5 Å². The minimum absolute atomic E-state index is 0.00373. The van der Waals surface area contributed by atoms with Crippen molar-refractivity contribution in [3.05, 3.63) is 47.2 Å². The van der Waals surface area contributed by atoms with Gasteiger partial charge in [0, 0.05) is 5.69 Å². The van der Waals surface area contributed by atoms with Gasteiger partial charge in [0.15, 0.2) is 0 Å². The number of amides is 2. The summed E-state index contributed by atoms with van der Waals surface area (Å²) in [6.07, 6.45) is 4.08. The molecule has 1 N–H and O–H groups in total. The minimum atomic E-state index is -0.454. The monoisotopic (exact) mass is 420 g/mol. The van der Waals surface area contributed by atoms with Crippen LogP contribution in [0.1, 0.15) is 43.5 Å². The number of anilines is 2. The lowest BCUT2D eigenvalue weighted by Crippen LogP contribution is -2.47. The summed E-state index contributed by atoms with van der Waals surface area (Å²) in [4.78, 5) is 32.1. The molecular formula is C23H24N4O2S. The summed E-state index contributed by atoms with van der Waals surface area (Å²) in [7, 11) is 0. The molecule has 1 aliphatic heterocycles. The van der Waals surface area contributed by atoms with E-state index in [4.69, 9.17) is 4.98 Å². The van der Waals surface area contributed by atoms with Gasteiger partial charge >= 0.3 is 0 Å². The largest absolute Gasteiger partial charge is 0.323 e. The van der Waals surface area contributed by atoms with Crippen LogP contribution in [0, 0.1) is 17.2 Å². The van der Waals surface area contributed by atoms with Crippen molar-refractivity contribution in [2.24, 2.45) is 5.92 Å². The van der Waals surface area contributed by atoms with Crippen LogP contribution >= 0.6 is 11.8 Å². The third kappa shape index (κ3) is 3.92. The molecule has 0 saturated heterocycles. The summed E-state index contributed by atoms with van der Waals surface area (Å²) in [5.41, 5.74) is 4.05. The fourth-order valence-electron chi connectivity index (χ4n) is 3.96. The van der Waals surface area contributed by atoms with E-state index in [1.165, 1.54) is 11.8 Å². The highest BCUT2D eigenvalue weighted by molar-refractivity contribution is 8.00. The minimum Gasteiger partial charge on any atom is -0.323 e. The van der Waals surface area contributed by atoms with Crippen LogP contribution in [0.4, 0.5) is 11.4 Å². The number of benzene rings is 1. The van der Waals surface area contributed by atoms with Crippen LogP contribution in [-0.2, 0) is 22.4 Å². The van der Waals surface area contributed by atoms with Gasteiger partial charge in [0.05, 0.1) is 22.2 Å². The molecule has 1 unspecified atom stereocenters. The second-order valence-corrected chi connectivity index (χ2v) is 9.17. The smallest absolute Gasteiger partial charge is 0.244 e. The van der Waals surface area contributed by atoms with Gasteiger partial charge < -0.3 is 5.32 Å². The molecule has 2 amide bonds. The highest BCUT2D eigenvalue weighted by atomic mass is 32.2. The number of fused-ring (bicyclic) bond motifs is 2. The predicted octanol–water partition coefficient (Wildman–Crippen LogP) is 3.93. The van der Waals surface area contributed by atoms with Crippen molar-refractivity contribution < 1.29 is 9.59 Å². The maximum atomic E-state index is 13.6. The summed E-state index contributed by atoms with van der Waals surface area (Å²) < 4.78 is 0. The van der Waals surface area contributed by atoms with E-state index in [-0.39, 0.29) is 24.3 Å². The van der Waals surface area contributed by atoms with E-state index in [0.29, 0.717) is 22.0 Å². The molecule has 2 heterocycles. The molecule has 1 atom stereocenters. The zero-order valence-electron chi connectivity index (χ0n) is 17.1. The van der Waals surface area contributed by atoms with Gasteiger partial charge in [0.25, 0.3) is 0 Å². The van der Waals surface area contributed by atoms with Crippen molar-refractivity contribution >= 4 is 35.0 Å². The number of pyridine rings is 1. The Morgan fingerprint density at radius 2 is 2.03 bits per heavy atom. The highest BCUT2D eigenvalue weighted by Crippen LogP contribution is 2.36. The number of thioether (sulfide) groups is 1. The lowest BCUT2D eigenvalue weighted by Gasteiger charge is -2.33. The number of hydrogen-bond acceptors (Lipinski definition) is 5. The van der Waals surface area contributed by atoms with E-state index in [9.17, 15) is 14.9 Å². The lowest BCUT2D eigenvalue weighted by molar-refractivity contribution is -0.122. The third-order valence-electron chi connectivity index (χ3n) is 5.51. The van der Waals surface area contributed by atoms with Crippen LogP contribution in [0.25, 0.3) is 0 Å². The zero-order valence-corrected chi connectivity index (χ0v) is 18.0. The van der Waals surface area contributed by atoms with Crippen LogP contribution < -0.4 is 10.2 Å². The van der Waals surface area contributed by atoms with Crippen molar-refractivity contribution in [1.29, 1.82) is 5.26 Å². The number of aromatic nitrogens is 1. The molecule has 4 rings (SSSR count). The Bertz CT molecular complexity index is 1040. The van der Waals surface area contributed by atoms with E-state index in [2.05, 4.69) is 11.4 Å². The summed E-state index contributed by atoms with van der Waals surface area (Å²) in [5.74, 6) is -0.344. The van der Waals surface area contributed by atoms with Gasteiger partial charge in [-0.05, 0) is 55.4 Å². The molecule has 1 aromatic carbocycles. The molecule has 1 aliphatic carbocycles. The fraction of sp³-hybridized carbons (Fsp3) is 0.391. The maximum absolute atomic E-state index is 13.6. The third-order valence-corrected chi connectivity index (χ3v) is 7.04. The summed E-state index contributed by atoms with van der Waals surface area (Å²) in [6.45, 7) is 3.95. The van der Waals surface area contributed by atoms with Crippen LogP contribution in [0.2, 0.25) is 0 Å². The molecule has 0 saturated carbocycles. The molecule has 2 aromatic rings. The Hall–Kier alpha value is -2.85. The van der Waals surface area contributed by atoms with E-state index >= 15 is 0 Å². The lowest BCUT2D eigenvalue weighted by atomic mass is 9.95. The Kier molecular flexibility index (Phi) is 5.78. The fourth-order valence-corrected chi connectivity index (χ4v) is 5.10. The van der Waals surface area contributed by atoms with Gasteiger partial charge in [-0.15, -0.1) is 0 Å². The predicted molar refractivity (Wildman–Crippen MR) is 118 cm³/mol. The second kappa shape index (κ2) is 8.49. The van der Waals surface area contributed by atoms with Gasteiger partial charge in [0.1, 0.15) is 17.6 Å². The topological polar surface area (TPSA) is 86.1 Å². The number of rotatable bonds is 4. The first kappa shape index (κ1) is 20.4. The number of carbonyl (C=O) groups excluding carboxylic acids is 2. The van der Waals surface area contributed by atoms with Crippen LogP contribution in [0.3, 0.4) is 0 Å². The Balaban J connectivity index is 1.67. The van der Waals surface area contributed by atoms with Crippen molar-refractivity contribution in [2.75, 3.05) is 16.8 Å². The quantitative estimate of drug-likeness (QED) is 0.758. The van der Waals surface area contributed by atoms with E-state index in [0.717, 1.165) is 36.9 Å². The first-order chi connectivity index (χ1) is 14.5. The number of aryl methyl sites for hydroxylation is 2. The molecule has 7 heteroatoms. The molecule has 2 aliphatic rings. The zero-order chi connectivity index (χ0) is 21.3. The highest BCUT2D eigenvalue weighted by Gasteiger charge is 2.34. The molecule has 6 nitrogen and oxygen atoms in total. The molecule has 0 bridgehead atoms. The van der Waals surface area contributed by atoms with Crippen molar-refractivity contribution in [1.82, 2.24) is 4.98 Å². The second-order valence-electron chi connectivity index (χ2n) is 8.04. The normalized spacial score (nSPS) is 16.3. The Labute approximate surface area is 180 Å². The van der Waals surface area contributed by atoms with Gasteiger partial charge in [0.2, 0.25) is 11.8 Å². The SMILES string of the molecule is CC(C)C(Sc1nc2c(cc1C#N)CCCC2)C(=O)N1CC(=O)Nc2ccccc21. The Morgan fingerprint density at radius 1 is 1.27 bits per heavy atom.